The highest BCUT2D eigenvalue weighted by atomic mass is 19.4. The molecule has 182 valence electrons. The van der Waals surface area contributed by atoms with Crippen molar-refractivity contribution >= 4 is 23.2 Å². The maximum Gasteiger partial charge on any atom is 0.416 e. The third kappa shape index (κ3) is 6.01. The standard InChI is InChI=1S/C22H25F4N7O/c23-15-1-3-16(4-2-15)32-19(28)17(20(29)34)12-31-21(13-27)6-9-33(10-7-21)18-11-14(5-8-30-18)22(24,25)26/h1-5,8,11-12,31H,6-7,9-10,13,27H2,(H2,28,32)(H2,29,34)/b17-12+. The van der Waals surface area contributed by atoms with E-state index in [-0.39, 0.29) is 23.8 Å². The van der Waals surface area contributed by atoms with E-state index in [0.717, 1.165) is 18.3 Å². The molecule has 1 aliphatic heterocycles. The van der Waals surface area contributed by atoms with Gasteiger partial charge in [0.15, 0.2) is 0 Å². The minimum atomic E-state index is -4.46. The number of nitrogens with zero attached hydrogens (tertiary/aromatic N) is 2. The Balaban J connectivity index is 1.69. The Labute approximate surface area is 193 Å². The lowest BCUT2D eigenvalue weighted by Gasteiger charge is -2.42. The van der Waals surface area contributed by atoms with E-state index < -0.39 is 29.0 Å². The normalized spacial score (nSPS) is 16.1. The molecule has 0 aliphatic carbocycles. The molecule has 2 heterocycles. The van der Waals surface area contributed by atoms with Crippen LogP contribution in [0, 0.1) is 11.2 Å². The second-order valence-corrected chi connectivity index (χ2v) is 7.95. The molecule has 0 atom stereocenters. The van der Waals surface area contributed by atoms with Crippen LogP contribution in [0.1, 0.15) is 18.4 Å². The zero-order chi connectivity index (χ0) is 24.9. The number of alkyl halides is 3. The van der Waals surface area contributed by atoms with Gasteiger partial charge in [0.1, 0.15) is 17.5 Å². The molecule has 0 radical (unpaired) electrons. The summed E-state index contributed by atoms with van der Waals surface area (Å²) in [5, 5.41) is 13.9. The first-order valence-electron chi connectivity index (χ1n) is 10.4. The van der Waals surface area contributed by atoms with Gasteiger partial charge in [-0.3, -0.25) is 10.2 Å². The van der Waals surface area contributed by atoms with Crippen molar-refractivity contribution in [2.75, 3.05) is 29.9 Å². The second kappa shape index (κ2) is 10.1. The summed E-state index contributed by atoms with van der Waals surface area (Å²) in [6, 6.07) is 7.17. The number of nitrogens with one attached hydrogen (secondary N) is 3. The van der Waals surface area contributed by atoms with Gasteiger partial charge in [0.2, 0.25) is 0 Å². The van der Waals surface area contributed by atoms with E-state index in [1.807, 2.05) is 0 Å². The maximum absolute atomic E-state index is 13.1. The molecule has 8 nitrogen and oxygen atoms in total. The van der Waals surface area contributed by atoms with Crippen molar-refractivity contribution in [1.82, 2.24) is 10.3 Å². The first-order chi connectivity index (χ1) is 16.0. The quantitative estimate of drug-likeness (QED) is 0.179. The van der Waals surface area contributed by atoms with Gasteiger partial charge in [-0.15, -0.1) is 0 Å². The molecule has 2 aromatic rings. The van der Waals surface area contributed by atoms with E-state index in [1.165, 1.54) is 30.5 Å². The van der Waals surface area contributed by atoms with Crippen LogP contribution in [-0.2, 0) is 11.0 Å². The van der Waals surface area contributed by atoms with Crippen LogP contribution >= 0.6 is 0 Å². The van der Waals surface area contributed by atoms with E-state index in [4.69, 9.17) is 16.9 Å². The Kier molecular flexibility index (Phi) is 7.40. The van der Waals surface area contributed by atoms with Crippen LogP contribution in [0.2, 0.25) is 0 Å². The molecule has 12 heteroatoms. The largest absolute Gasteiger partial charge is 0.416 e. The average Bonchev–Trinajstić information content (AvgIpc) is 2.80. The number of rotatable bonds is 7. The summed E-state index contributed by atoms with van der Waals surface area (Å²) >= 11 is 0. The molecule has 1 aliphatic rings. The minimum absolute atomic E-state index is 0.140. The number of amidine groups is 1. The van der Waals surface area contributed by atoms with Crippen molar-refractivity contribution in [3.8, 4) is 0 Å². The van der Waals surface area contributed by atoms with Crippen molar-refractivity contribution in [1.29, 1.82) is 5.41 Å². The molecule has 1 fully saturated rings. The van der Waals surface area contributed by atoms with Crippen LogP contribution in [-0.4, -0.2) is 41.9 Å². The van der Waals surface area contributed by atoms with Gasteiger partial charge in [0.05, 0.1) is 16.7 Å². The third-order valence-electron chi connectivity index (χ3n) is 5.68. The fraction of sp³-hybridized carbons (Fsp3) is 0.318. The molecular weight excluding hydrogens is 454 g/mol. The molecule has 0 saturated carbocycles. The Morgan fingerprint density at radius 1 is 1.21 bits per heavy atom. The van der Waals surface area contributed by atoms with Gasteiger partial charge in [0.25, 0.3) is 5.91 Å². The maximum atomic E-state index is 13.1. The summed E-state index contributed by atoms with van der Waals surface area (Å²) in [7, 11) is 0. The SMILES string of the molecule is N=C(Nc1ccc(F)cc1)/C(=C\NC1(CN)CCN(c2cc(C(F)(F)F)ccn2)CC1)C(N)=O. The summed E-state index contributed by atoms with van der Waals surface area (Å²) in [5.41, 5.74) is 10.2. The monoisotopic (exact) mass is 479 g/mol. The van der Waals surface area contributed by atoms with Gasteiger partial charge in [-0.1, -0.05) is 0 Å². The number of hydrogen-bond acceptors (Lipinski definition) is 6. The van der Waals surface area contributed by atoms with Gasteiger partial charge in [-0.2, -0.15) is 13.2 Å². The number of benzene rings is 1. The van der Waals surface area contributed by atoms with Crippen molar-refractivity contribution in [3.05, 3.63) is 65.7 Å². The first-order valence-corrected chi connectivity index (χ1v) is 10.4. The zero-order valence-corrected chi connectivity index (χ0v) is 18.1. The smallest absolute Gasteiger partial charge is 0.383 e. The number of pyridine rings is 1. The van der Waals surface area contributed by atoms with E-state index in [9.17, 15) is 22.4 Å². The number of aromatic nitrogens is 1. The minimum Gasteiger partial charge on any atom is -0.383 e. The zero-order valence-electron chi connectivity index (χ0n) is 18.1. The van der Waals surface area contributed by atoms with Gasteiger partial charge >= 0.3 is 6.18 Å². The summed E-state index contributed by atoms with van der Waals surface area (Å²) in [4.78, 5) is 17.7. The Morgan fingerprint density at radius 3 is 2.41 bits per heavy atom. The number of nitrogens with two attached hydrogens (primary N) is 2. The molecule has 1 aromatic heterocycles. The predicted molar refractivity (Wildman–Crippen MR) is 121 cm³/mol. The number of anilines is 2. The van der Waals surface area contributed by atoms with Crippen molar-refractivity contribution in [2.24, 2.45) is 11.5 Å². The second-order valence-electron chi connectivity index (χ2n) is 7.95. The molecule has 3 rings (SSSR count). The third-order valence-corrected chi connectivity index (χ3v) is 5.68. The van der Waals surface area contributed by atoms with Gasteiger partial charge in [0, 0.05) is 37.7 Å². The molecule has 1 saturated heterocycles. The molecule has 0 unspecified atom stereocenters. The molecular formula is C22H25F4N7O. The van der Waals surface area contributed by atoms with E-state index in [2.05, 4.69) is 15.6 Å². The van der Waals surface area contributed by atoms with Gasteiger partial charge in [-0.05, 0) is 49.2 Å². The summed E-state index contributed by atoms with van der Waals surface area (Å²) < 4.78 is 52.1. The molecule has 1 aromatic carbocycles. The first kappa shape index (κ1) is 25.0. The molecule has 1 amide bonds. The number of amides is 1. The van der Waals surface area contributed by atoms with Gasteiger partial charge < -0.3 is 27.0 Å². The highest BCUT2D eigenvalue weighted by molar-refractivity contribution is 6.23. The van der Waals surface area contributed by atoms with Crippen molar-refractivity contribution in [3.63, 3.8) is 0 Å². The topological polar surface area (TPSA) is 133 Å². The fourth-order valence-electron chi connectivity index (χ4n) is 3.58. The van der Waals surface area contributed by atoms with Crippen LogP contribution in [0.3, 0.4) is 0 Å². The highest BCUT2D eigenvalue weighted by Crippen LogP contribution is 2.32. The lowest BCUT2D eigenvalue weighted by atomic mass is 9.87. The fourth-order valence-corrected chi connectivity index (χ4v) is 3.58. The van der Waals surface area contributed by atoms with Crippen LogP contribution in [0.25, 0.3) is 0 Å². The number of halogens is 4. The molecule has 34 heavy (non-hydrogen) atoms. The summed E-state index contributed by atoms with van der Waals surface area (Å²) in [6.07, 6.45) is -1.13. The summed E-state index contributed by atoms with van der Waals surface area (Å²) in [5.74, 6) is -1.37. The van der Waals surface area contributed by atoms with Crippen molar-refractivity contribution < 1.29 is 22.4 Å². The van der Waals surface area contributed by atoms with Crippen molar-refractivity contribution in [2.45, 2.75) is 24.6 Å². The van der Waals surface area contributed by atoms with Gasteiger partial charge in [-0.25, -0.2) is 9.37 Å². The number of carbonyl (C=O) groups excluding carboxylic acids is 1. The summed E-state index contributed by atoms with van der Waals surface area (Å²) in [6.45, 7) is 0.936. The molecule has 7 N–H and O–H groups in total. The number of piperidine rings is 1. The number of carbonyl (C=O) groups is 1. The highest BCUT2D eigenvalue weighted by Gasteiger charge is 2.35. The number of primary amides is 1. The lowest BCUT2D eigenvalue weighted by Crippen LogP contribution is -2.56. The van der Waals surface area contributed by atoms with Crippen LogP contribution in [0.4, 0.5) is 29.1 Å². The molecule has 0 bridgehead atoms. The Hall–Kier alpha value is -3.67. The van der Waals surface area contributed by atoms with E-state index in [1.54, 1.807) is 4.90 Å². The Morgan fingerprint density at radius 2 is 1.85 bits per heavy atom. The van der Waals surface area contributed by atoms with E-state index >= 15 is 0 Å². The average molecular weight is 479 g/mol. The predicted octanol–water partition coefficient (Wildman–Crippen LogP) is 2.59. The van der Waals surface area contributed by atoms with Crippen LogP contribution in [0.15, 0.2) is 54.4 Å². The van der Waals surface area contributed by atoms with Crippen LogP contribution in [0.5, 0.6) is 0 Å². The lowest BCUT2D eigenvalue weighted by molar-refractivity contribution is -0.137. The number of hydrogen-bond donors (Lipinski definition) is 5. The molecule has 0 spiro atoms. The van der Waals surface area contributed by atoms with E-state index in [0.29, 0.717) is 31.6 Å². The van der Waals surface area contributed by atoms with Crippen LogP contribution < -0.4 is 27.0 Å². The Bertz CT molecular complexity index is 1060.